The van der Waals surface area contributed by atoms with Crippen LogP contribution >= 0.6 is 11.6 Å². The Kier molecular flexibility index (Phi) is 13.1. The average Bonchev–Trinajstić information content (AvgIpc) is 3.22. The molecular weight excluding hydrogens is 758 g/mol. The number of benzene rings is 3. The van der Waals surface area contributed by atoms with Gasteiger partial charge in [0, 0.05) is 73.9 Å². The number of aliphatic hydroxyl groups is 1. The van der Waals surface area contributed by atoms with Crippen LogP contribution in [-0.4, -0.2) is 105 Å². The van der Waals surface area contributed by atoms with Crippen LogP contribution in [0.3, 0.4) is 0 Å². The summed E-state index contributed by atoms with van der Waals surface area (Å²) < 4.78 is 6.80. The second-order valence-electron chi connectivity index (χ2n) is 15.5. The minimum Gasteiger partial charge on any atom is -0.388 e. The van der Waals surface area contributed by atoms with Gasteiger partial charge < -0.3 is 25.4 Å². The monoisotopic (exact) mass is 807 g/mol. The molecule has 0 radical (unpaired) electrons. The minimum absolute atomic E-state index is 0.0126. The van der Waals surface area contributed by atoms with Crippen molar-refractivity contribution in [2.24, 2.45) is 5.92 Å². The van der Waals surface area contributed by atoms with Crippen LogP contribution < -0.4 is 16.2 Å². The molecule has 13 nitrogen and oxygen atoms in total. The van der Waals surface area contributed by atoms with E-state index < -0.39 is 5.60 Å². The first-order chi connectivity index (χ1) is 28.0. The normalized spacial score (nSPS) is 16.3. The highest BCUT2D eigenvalue weighted by Crippen LogP contribution is 2.28. The molecular formula is C44H50ClN7O6. The van der Waals surface area contributed by atoms with Crippen LogP contribution in [0.4, 0.5) is 5.69 Å². The predicted octanol–water partition coefficient (Wildman–Crippen LogP) is 4.99. The Balaban J connectivity index is 0.928. The van der Waals surface area contributed by atoms with E-state index in [1.54, 1.807) is 42.5 Å². The number of aryl methyl sites for hydroxylation is 1. The lowest BCUT2D eigenvalue weighted by Crippen LogP contribution is -2.51. The Morgan fingerprint density at radius 2 is 1.71 bits per heavy atom. The third kappa shape index (κ3) is 10.3. The number of carbonyl (C=O) groups excluding carboxylic acids is 3. The highest BCUT2D eigenvalue weighted by Gasteiger charge is 2.36. The third-order valence-electron chi connectivity index (χ3n) is 11.2. The molecule has 3 amide bonds. The van der Waals surface area contributed by atoms with E-state index in [0.29, 0.717) is 111 Å². The number of nitrogens with one attached hydrogen (secondary N) is 2. The Bertz CT molecular complexity index is 2320. The number of pyridine rings is 1. The quantitative estimate of drug-likeness (QED) is 0.132. The number of aromatic nitrogens is 3. The molecule has 1 atom stereocenters. The largest absolute Gasteiger partial charge is 0.388 e. The molecule has 0 aliphatic carbocycles. The Morgan fingerprint density at radius 1 is 0.948 bits per heavy atom. The summed E-state index contributed by atoms with van der Waals surface area (Å²) in [5, 5.41) is 19.3. The van der Waals surface area contributed by atoms with E-state index in [1.807, 2.05) is 42.2 Å². The van der Waals surface area contributed by atoms with Crippen LogP contribution in [0.25, 0.3) is 21.8 Å². The summed E-state index contributed by atoms with van der Waals surface area (Å²) in [6.07, 6.45) is 4.13. The van der Waals surface area contributed by atoms with Gasteiger partial charge in [0.25, 0.3) is 11.5 Å². The number of likely N-dealkylation sites (tertiary alicyclic amines) is 1. The van der Waals surface area contributed by atoms with Crippen molar-refractivity contribution < 1.29 is 24.2 Å². The number of rotatable bonds is 14. The van der Waals surface area contributed by atoms with Gasteiger partial charge in [-0.2, -0.15) is 0 Å². The lowest BCUT2D eigenvalue weighted by atomic mass is 9.88. The zero-order valence-electron chi connectivity index (χ0n) is 32.8. The molecule has 7 rings (SSSR count). The fourth-order valence-corrected chi connectivity index (χ4v) is 8.17. The molecule has 304 valence electrons. The molecule has 3 N–H and O–H groups in total. The van der Waals surface area contributed by atoms with Crippen molar-refractivity contribution in [1.82, 2.24) is 29.7 Å². The van der Waals surface area contributed by atoms with Gasteiger partial charge >= 0.3 is 0 Å². The van der Waals surface area contributed by atoms with Crippen LogP contribution in [0.5, 0.6) is 0 Å². The topological polar surface area (TPSA) is 159 Å². The highest BCUT2D eigenvalue weighted by atomic mass is 35.5. The highest BCUT2D eigenvalue weighted by molar-refractivity contribution is 6.35. The van der Waals surface area contributed by atoms with Crippen molar-refractivity contribution in [2.45, 2.75) is 57.6 Å². The summed E-state index contributed by atoms with van der Waals surface area (Å²) in [5.74, 6) is -0.628. The molecule has 0 spiro atoms. The fraction of sp³-hybridized carbons (Fsp3) is 0.409. The molecule has 58 heavy (non-hydrogen) atoms. The molecule has 1 unspecified atom stereocenters. The molecule has 5 aromatic rings. The fourth-order valence-electron chi connectivity index (χ4n) is 7.85. The first kappa shape index (κ1) is 41.0. The van der Waals surface area contributed by atoms with E-state index in [-0.39, 0.29) is 35.7 Å². The predicted molar refractivity (Wildman–Crippen MR) is 224 cm³/mol. The zero-order chi connectivity index (χ0) is 40.6. The first-order valence-electron chi connectivity index (χ1n) is 20.0. The standard InChI is InChI=1S/C44H50ClN7O6/c1-30-24-37(45)35-11-9-32(26-39(35)48-30)41(54)46-16-5-8-33(25-31-6-3-2-4-7-31)42(55)51-18-14-44(57,15-19-51)28-52-29-47-38-27-34(10-12-36(38)43(52)56)49-40(53)13-17-50-20-22-58-23-21-50/h2-4,6-7,9-12,24,26-27,29,33,57H,5,8,13-23,25,28H2,1H3,(H,46,54)(H,49,53). The van der Waals surface area contributed by atoms with Crippen LogP contribution in [0, 0.1) is 12.8 Å². The van der Waals surface area contributed by atoms with E-state index >= 15 is 0 Å². The van der Waals surface area contributed by atoms with E-state index in [9.17, 15) is 24.3 Å². The van der Waals surface area contributed by atoms with E-state index in [2.05, 4.69) is 25.5 Å². The lowest BCUT2D eigenvalue weighted by Gasteiger charge is -2.39. The van der Waals surface area contributed by atoms with Crippen LogP contribution in [-0.2, 0) is 27.3 Å². The molecule has 3 aromatic carbocycles. The van der Waals surface area contributed by atoms with Crippen LogP contribution in [0.15, 0.2) is 83.9 Å². The summed E-state index contributed by atoms with van der Waals surface area (Å²) in [4.78, 5) is 66.2. The van der Waals surface area contributed by atoms with Gasteiger partial charge in [-0.25, -0.2) is 4.98 Å². The second-order valence-corrected chi connectivity index (χ2v) is 15.9. The van der Waals surface area contributed by atoms with E-state index in [1.165, 1.54) is 10.9 Å². The molecule has 2 fully saturated rings. The maximum absolute atomic E-state index is 14.0. The van der Waals surface area contributed by atoms with Gasteiger partial charge in [-0.05, 0) is 81.0 Å². The van der Waals surface area contributed by atoms with Gasteiger partial charge in [0.1, 0.15) is 0 Å². The van der Waals surface area contributed by atoms with Gasteiger partial charge in [0.2, 0.25) is 11.8 Å². The van der Waals surface area contributed by atoms with Crippen LogP contribution in [0.1, 0.15) is 53.7 Å². The maximum atomic E-state index is 14.0. The number of hydrogen-bond acceptors (Lipinski definition) is 9. The van der Waals surface area contributed by atoms with Gasteiger partial charge in [0.05, 0.1) is 53.1 Å². The van der Waals surface area contributed by atoms with Gasteiger partial charge in [0.15, 0.2) is 0 Å². The molecule has 14 heteroatoms. The van der Waals surface area contributed by atoms with E-state index in [4.69, 9.17) is 16.3 Å². The number of halogens is 1. The number of fused-ring (bicyclic) bond motifs is 2. The summed E-state index contributed by atoms with van der Waals surface area (Å²) >= 11 is 6.36. The third-order valence-corrected chi connectivity index (χ3v) is 11.5. The molecule has 4 heterocycles. The Hall–Kier alpha value is -5.21. The van der Waals surface area contributed by atoms with Gasteiger partial charge in [-0.1, -0.05) is 48.0 Å². The Morgan fingerprint density at radius 3 is 2.48 bits per heavy atom. The van der Waals surface area contributed by atoms with Gasteiger partial charge in [-0.3, -0.25) is 33.6 Å². The summed E-state index contributed by atoms with van der Waals surface area (Å²) in [6, 6.07) is 22.0. The smallest absolute Gasteiger partial charge is 0.261 e. The number of ether oxygens (including phenoxy) is 1. The van der Waals surface area contributed by atoms with Crippen molar-refractivity contribution in [1.29, 1.82) is 0 Å². The molecule has 2 aliphatic heterocycles. The van der Waals surface area contributed by atoms with Crippen LogP contribution in [0.2, 0.25) is 5.02 Å². The van der Waals surface area contributed by atoms with Crippen molar-refractivity contribution in [3.8, 4) is 0 Å². The molecule has 2 saturated heterocycles. The summed E-state index contributed by atoms with van der Waals surface area (Å²) in [6.45, 7) is 6.63. The minimum atomic E-state index is -1.20. The summed E-state index contributed by atoms with van der Waals surface area (Å²) in [7, 11) is 0. The summed E-state index contributed by atoms with van der Waals surface area (Å²) in [5.41, 5.74) is 2.51. The first-order valence-corrected chi connectivity index (χ1v) is 20.4. The SMILES string of the molecule is Cc1cc(Cl)c2ccc(C(=O)NCCCC(Cc3ccccc3)C(=O)N3CCC(O)(Cn4cnc5cc(NC(=O)CCN6CCOCC6)ccc5c4=O)CC3)cc2n1. The zero-order valence-corrected chi connectivity index (χ0v) is 33.5. The molecule has 0 bridgehead atoms. The van der Waals surface area contributed by atoms with Crippen molar-refractivity contribution in [2.75, 3.05) is 57.8 Å². The maximum Gasteiger partial charge on any atom is 0.261 e. The number of carbonyl (C=O) groups is 3. The number of nitrogens with zero attached hydrogens (tertiary/aromatic N) is 5. The van der Waals surface area contributed by atoms with E-state index in [0.717, 1.165) is 29.7 Å². The molecule has 2 aromatic heterocycles. The number of anilines is 1. The average molecular weight is 808 g/mol. The number of hydrogen-bond donors (Lipinski definition) is 3. The Labute approximate surface area is 342 Å². The number of morpholine rings is 1. The molecule has 2 aliphatic rings. The number of amides is 3. The van der Waals surface area contributed by atoms with Crippen molar-refractivity contribution >= 4 is 56.8 Å². The van der Waals surface area contributed by atoms with Crippen molar-refractivity contribution in [3.63, 3.8) is 0 Å². The van der Waals surface area contributed by atoms with Crippen molar-refractivity contribution in [3.05, 3.63) is 111 Å². The lowest BCUT2D eigenvalue weighted by molar-refractivity contribution is -0.140. The second kappa shape index (κ2) is 18.6. The van der Waals surface area contributed by atoms with Gasteiger partial charge in [-0.15, -0.1) is 0 Å². The molecule has 0 saturated carbocycles. The number of piperidine rings is 1.